The Bertz CT molecular complexity index is 139. The van der Waals surface area contributed by atoms with Gasteiger partial charge in [0.15, 0.2) is 0 Å². The highest BCUT2D eigenvalue weighted by molar-refractivity contribution is 7.80. The van der Waals surface area contributed by atoms with E-state index in [9.17, 15) is 8.42 Å². The summed E-state index contributed by atoms with van der Waals surface area (Å²) in [6.45, 7) is -0.835. The van der Waals surface area contributed by atoms with Crippen molar-refractivity contribution in [3.05, 3.63) is 0 Å². The Labute approximate surface area is 53.0 Å². The molecular formula is C2H9NO5S. The summed E-state index contributed by atoms with van der Waals surface area (Å²) in [4.78, 5) is 0. The van der Waals surface area contributed by atoms with Crippen molar-refractivity contribution in [2.45, 2.75) is 0 Å². The second-order valence-corrected chi connectivity index (χ2v) is 2.06. The van der Waals surface area contributed by atoms with E-state index in [1.807, 2.05) is 0 Å². The summed E-state index contributed by atoms with van der Waals surface area (Å²) in [5.41, 5.74) is 0. The first-order valence-corrected chi connectivity index (χ1v) is 3.15. The number of aliphatic hydroxyl groups is 1. The molecule has 0 spiro atoms. The van der Waals surface area contributed by atoms with Gasteiger partial charge in [-0.25, -0.2) is 4.18 Å². The largest absolute Gasteiger partial charge is 0.397 e. The minimum Gasteiger partial charge on any atom is -0.394 e. The van der Waals surface area contributed by atoms with E-state index in [0.717, 1.165) is 0 Å². The van der Waals surface area contributed by atoms with Crippen LogP contribution in [0.1, 0.15) is 0 Å². The minimum absolute atomic E-state index is 0. The molecule has 9 heavy (non-hydrogen) atoms. The summed E-state index contributed by atoms with van der Waals surface area (Å²) < 4.78 is 30.7. The van der Waals surface area contributed by atoms with Gasteiger partial charge >= 0.3 is 10.4 Å². The van der Waals surface area contributed by atoms with Crippen LogP contribution in [-0.2, 0) is 14.6 Å². The van der Waals surface area contributed by atoms with Crippen molar-refractivity contribution in [3.63, 3.8) is 0 Å². The second kappa shape index (κ2) is 4.65. The summed E-state index contributed by atoms with van der Waals surface area (Å²) in [5.74, 6) is 0. The molecule has 0 aliphatic heterocycles. The number of hydrogen-bond donors (Lipinski definition) is 3. The van der Waals surface area contributed by atoms with Crippen molar-refractivity contribution >= 4 is 10.4 Å². The molecule has 0 aromatic rings. The maximum atomic E-state index is 9.61. The highest BCUT2D eigenvalue weighted by Crippen LogP contribution is 1.81. The van der Waals surface area contributed by atoms with Crippen LogP contribution in [0.25, 0.3) is 0 Å². The lowest BCUT2D eigenvalue weighted by molar-refractivity contribution is 0.188. The van der Waals surface area contributed by atoms with E-state index in [-0.39, 0.29) is 6.15 Å². The molecule has 0 unspecified atom stereocenters. The molecule has 5 N–H and O–H groups in total. The van der Waals surface area contributed by atoms with Gasteiger partial charge < -0.3 is 11.3 Å². The molecule has 0 aliphatic carbocycles. The molecule has 0 radical (unpaired) electrons. The smallest absolute Gasteiger partial charge is 0.394 e. The zero-order chi connectivity index (χ0) is 6.62. The maximum Gasteiger partial charge on any atom is 0.397 e. The Morgan fingerprint density at radius 2 is 1.89 bits per heavy atom. The van der Waals surface area contributed by atoms with E-state index in [4.69, 9.17) is 9.66 Å². The zero-order valence-electron chi connectivity index (χ0n) is 4.65. The van der Waals surface area contributed by atoms with Crippen LogP contribution < -0.4 is 6.15 Å². The van der Waals surface area contributed by atoms with Crippen molar-refractivity contribution in [2.24, 2.45) is 0 Å². The molecule has 0 rings (SSSR count). The predicted molar refractivity (Wildman–Crippen MR) is 29.6 cm³/mol. The SMILES string of the molecule is N.O=S(=O)(O)OCCO. The molecule has 0 aromatic heterocycles. The third kappa shape index (κ3) is 11.4. The summed E-state index contributed by atoms with van der Waals surface area (Å²) >= 11 is 0. The molecule has 0 atom stereocenters. The fourth-order valence-corrected chi connectivity index (χ4v) is 0.428. The van der Waals surface area contributed by atoms with E-state index in [1.165, 1.54) is 0 Å². The zero-order valence-corrected chi connectivity index (χ0v) is 5.47. The molecule has 0 aromatic carbocycles. The normalized spacial score (nSPS) is 10.4. The molecule has 0 amide bonds. The Balaban J connectivity index is 0. The van der Waals surface area contributed by atoms with Crippen LogP contribution in [0.4, 0.5) is 0 Å². The summed E-state index contributed by atoms with van der Waals surface area (Å²) in [6.07, 6.45) is 0. The third-order valence-electron chi connectivity index (χ3n) is 0.324. The van der Waals surface area contributed by atoms with E-state index < -0.39 is 23.6 Å². The van der Waals surface area contributed by atoms with Crippen LogP contribution in [0.15, 0.2) is 0 Å². The van der Waals surface area contributed by atoms with Crippen molar-refractivity contribution in [1.82, 2.24) is 6.15 Å². The molecule has 0 bridgehead atoms. The van der Waals surface area contributed by atoms with Crippen molar-refractivity contribution in [3.8, 4) is 0 Å². The molecular weight excluding hydrogens is 150 g/mol. The molecule has 0 saturated heterocycles. The van der Waals surface area contributed by atoms with Crippen LogP contribution in [0.3, 0.4) is 0 Å². The van der Waals surface area contributed by atoms with E-state index in [2.05, 4.69) is 4.18 Å². The Morgan fingerprint density at radius 1 is 1.44 bits per heavy atom. The highest BCUT2D eigenvalue weighted by atomic mass is 32.3. The lowest BCUT2D eigenvalue weighted by atomic mass is 10.8. The topological polar surface area (TPSA) is 119 Å². The van der Waals surface area contributed by atoms with Gasteiger partial charge in [0.1, 0.15) is 0 Å². The summed E-state index contributed by atoms with van der Waals surface area (Å²) in [7, 11) is -4.35. The van der Waals surface area contributed by atoms with Gasteiger partial charge in [0.25, 0.3) is 0 Å². The first kappa shape index (κ1) is 11.6. The molecule has 0 fully saturated rings. The van der Waals surface area contributed by atoms with Crippen LogP contribution in [0.5, 0.6) is 0 Å². The lowest BCUT2D eigenvalue weighted by Crippen LogP contribution is -2.06. The van der Waals surface area contributed by atoms with Gasteiger partial charge in [-0.1, -0.05) is 0 Å². The lowest BCUT2D eigenvalue weighted by Gasteiger charge is -1.92. The van der Waals surface area contributed by atoms with Gasteiger partial charge in [0, 0.05) is 0 Å². The minimum atomic E-state index is -4.35. The van der Waals surface area contributed by atoms with Gasteiger partial charge in [0.2, 0.25) is 0 Å². The summed E-state index contributed by atoms with van der Waals surface area (Å²) in [5, 5.41) is 7.93. The quantitative estimate of drug-likeness (QED) is 0.452. The molecule has 0 heterocycles. The van der Waals surface area contributed by atoms with Gasteiger partial charge in [-0.05, 0) is 0 Å². The Hall–Kier alpha value is -0.210. The molecule has 7 heteroatoms. The Morgan fingerprint density at radius 3 is 2.00 bits per heavy atom. The fraction of sp³-hybridized carbons (Fsp3) is 1.00. The van der Waals surface area contributed by atoms with E-state index in [1.54, 1.807) is 0 Å². The first-order chi connectivity index (χ1) is 3.56. The number of aliphatic hydroxyl groups excluding tert-OH is 1. The van der Waals surface area contributed by atoms with Gasteiger partial charge in [-0.15, -0.1) is 0 Å². The number of hydrogen-bond acceptors (Lipinski definition) is 5. The molecule has 58 valence electrons. The summed E-state index contributed by atoms with van der Waals surface area (Å²) in [6, 6.07) is 0. The predicted octanol–water partition coefficient (Wildman–Crippen LogP) is -1.04. The second-order valence-electron chi connectivity index (χ2n) is 0.973. The molecule has 0 aliphatic rings. The van der Waals surface area contributed by atoms with Gasteiger partial charge in [-0.2, -0.15) is 8.42 Å². The Kier molecular flexibility index (Phi) is 5.98. The number of rotatable bonds is 3. The monoisotopic (exact) mass is 159 g/mol. The average molecular weight is 159 g/mol. The van der Waals surface area contributed by atoms with Crippen LogP contribution in [0.2, 0.25) is 0 Å². The van der Waals surface area contributed by atoms with Crippen molar-refractivity contribution in [2.75, 3.05) is 13.2 Å². The van der Waals surface area contributed by atoms with Gasteiger partial charge in [0.05, 0.1) is 13.2 Å². The highest BCUT2D eigenvalue weighted by Gasteiger charge is 2.00. The third-order valence-corrected chi connectivity index (χ3v) is 0.788. The fourth-order valence-electron chi connectivity index (χ4n) is 0.143. The van der Waals surface area contributed by atoms with Gasteiger partial charge in [-0.3, -0.25) is 4.55 Å². The standard InChI is InChI=1S/C2H6O5S.H3N/c3-1-2-7-8(4,5)6;/h3H,1-2H2,(H,4,5,6);1H3. The molecule has 6 nitrogen and oxygen atoms in total. The van der Waals surface area contributed by atoms with Crippen molar-refractivity contribution in [1.29, 1.82) is 0 Å². The van der Waals surface area contributed by atoms with Crippen LogP contribution in [-0.4, -0.2) is 31.3 Å². The van der Waals surface area contributed by atoms with Crippen LogP contribution >= 0.6 is 0 Å². The van der Waals surface area contributed by atoms with E-state index >= 15 is 0 Å². The first-order valence-electron chi connectivity index (χ1n) is 1.79. The van der Waals surface area contributed by atoms with Crippen molar-refractivity contribution < 1.29 is 22.3 Å². The maximum absolute atomic E-state index is 9.61. The molecule has 0 saturated carbocycles. The average Bonchev–Trinajstić information content (AvgIpc) is 1.59. The van der Waals surface area contributed by atoms with E-state index in [0.29, 0.717) is 0 Å². The van der Waals surface area contributed by atoms with Crippen LogP contribution in [0, 0.1) is 0 Å².